The Kier molecular flexibility index (Phi) is 6.91. The number of nitrogens with one attached hydrogen (secondary N) is 2. The van der Waals surface area contributed by atoms with Gasteiger partial charge in [0.25, 0.3) is 5.91 Å². The number of hydrogen-bond acceptors (Lipinski definition) is 7. The second-order valence-corrected chi connectivity index (χ2v) is 7.70. The topological polar surface area (TPSA) is 113 Å². The summed E-state index contributed by atoms with van der Waals surface area (Å²) in [5.41, 5.74) is 1.16. The van der Waals surface area contributed by atoms with Crippen LogP contribution in [0.3, 0.4) is 0 Å². The van der Waals surface area contributed by atoms with E-state index in [1.807, 2.05) is 6.07 Å². The Labute approximate surface area is 200 Å². The van der Waals surface area contributed by atoms with Crippen molar-refractivity contribution in [1.82, 2.24) is 0 Å². The number of rotatable bonds is 7. The predicted octanol–water partition coefficient (Wildman–Crippen LogP) is 4.12. The van der Waals surface area contributed by atoms with Crippen LogP contribution in [-0.4, -0.2) is 36.1 Å². The summed E-state index contributed by atoms with van der Waals surface area (Å²) in [6.07, 6.45) is 1.40. The zero-order valence-corrected chi connectivity index (χ0v) is 19.1. The number of esters is 1. The van der Waals surface area contributed by atoms with Gasteiger partial charge in [-0.05, 0) is 50.2 Å². The van der Waals surface area contributed by atoms with Crippen LogP contribution in [0.2, 0.25) is 0 Å². The molecular weight excluding hydrogens is 455 g/mol. The summed E-state index contributed by atoms with van der Waals surface area (Å²) >= 11 is 0. The summed E-state index contributed by atoms with van der Waals surface area (Å²) in [5.74, 6) is -1.88. The quantitative estimate of drug-likeness (QED) is 0.494. The van der Waals surface area contributed by atoms with E-state index in [1.165, 1.54) is 29.5 Å². The van der Waals surface area contributed by atoms with Crippen molar-refractivity contribution in [3.63, 3.8) is 0 Å². The predicted molar refractivity (Wildman–Crippen MR) is 128 cm³/mol. The number of furan rings is 1. The van der Waals surface area contributed by atoms with E-state index in [1.54, 1.807) is 38.1 Å². The molecule has 1 unspecified atom stereocenters. The molecule has 2 N–H and O–H groups in total. The number of carbonyl (C=O) groups excluding carboxylic acids is 3. The molecule has 0 aliphatic carbocycles. The van der Waals surface area contributed by atoms with E-state index in [0.717, 1.165) is 6.07 Å². The Hall–Kier alpha value is -4.47. The summed E-state index contributed by atoms with van der Waals surface area (Å²) in [4.78, 5) is 37.9. The summed E-state index contributed by atoms with van der Waals surface area (Å²) < 4.78 is 24.5. The summed E-state index contributed by atoms with van der Waals surface area (Å²) in [6.45, 7) is 3.49. The first kappa shape index (κ1) is 23.7. The summed E-state index contributed by atoms with van der Waals surface area (Å²) in [6, 6.07) is 13.4. The lowest BCUT2D eigenvalue weighted by atomic mass is 10.1. The largest absolute Gasteiger partial charge is 0.469 e. The zero-order valence-electron chi connectivity index (χ0n) is 19.1. The first-order chi connectivity index (χ1) is 16.9. The third kappa shape index (κ3) is 5.21. The van der Waals surface area contributed by atoms with Gasteiger partial charge in [0, 0.05) is 12.1 Å². The number of aryl methyl sites for hydroxylation is 1. The highest BCUT2D eigenvalue weighted by Gasteiger charge is 2.37. The number of amides is 2. The lowest BCUT2D eigenvalue weighted by molar-refractivity contribution is -0.135. The van der Waals surface area contributed by atoms with E-state index < -0.39 is 29.6 Å². The van der Waals surface area contributed by atoms with Crippen molar-refractivity contribution in [3.05, 3.63) is 78.0 Å². The molecule has 4 rings (SSSR count). The fraction of sp³-hybridized carbons (Fsp3) is 0.200. The van der Waals surface area contributed by atoms with Gasteiger partial charge in [-0.25, -0.2) is 9.18 Å². The molecule has 0 bridgehead atoms. The van der Waals surface area contributed by atoms with Gasteiger partial charge in [-0.2, -0.15) is 5.10 Å². The molecule has 2 amide bonds. The van der Waals surface area contributed by atoms with Crippen molar-refractivity contribution in [3.8, 4) is 0 Å². The Bertz CT molecular complexity index is 1290. The number of hydrazone groups is 1. The maximum Gasteiger partial charge on any atom is 0.354 e. The molecule has 1 aromatic heterocycles. The molecule has 1 aliphatic rings. The highest BCUT2D eigenvalue weighted by Crippen LogP contribution is 2.27. The molecule has 2 heterocycles. The number of halogens is 1. The lowest BCUT2D eigenvalue weighted by Crippen LogP contribution is -2.38. The highest BCUT2D eigenvalue weighted by atomic mass is 19.1. The Morgan fingerprint density at radius 1 is 1.14 bits per heavy atom. The number of benzene rings is 2. The Morgan fingerprint density at radius 3 is 2.60 bits per heavy atom. The SMILES string of the molecule is CCOC(=O)C1=NN(c2ccccc2)C(C(=O)Nc2ccc(F)c(NC(=O)c3ccoc3C)c2)C1. The second-order valence-electron chi connectivity index (χ2n) is 7.70. The fourth-order valence-electron chi connectivity index (χ4n) is 3.61. The van der Waals surface area contributed by atoms with Gasteiger partial charge >= 0.3 is 5.97 Å². The molecule has 0 radical (unpaired) electrons. The van der Waals surface area contributed by atoms with Gasteiger partial charge in [-0.15, -0.1) is 0 Å². The van der Waals surface area contributed by atoms with Crippen molar-refractivity contribution in [1.29, 1.82) is 0 Å². The number of ether oxygens (including phenoxy) is 1. The van der Waals surface area contributed by atoms with Crippen LogP contribution in [0, 0.1) is 12.7 Å². The van der Waals surface area contributed by atoms with Crippen molar-refractivity contribution in [2.45, 2.75) is 26.3 Å². The third-order valence-electron chi connectivity index (χ3n) is 5.33. The standard InChI is InChI=1S/C25H23FN4O5/c1-3-34-25(33)21-14-22(30(29-21)17-7-5-4-6-8-17)24(32)27-16-9-10-19(26)20(13-16)28-23(31)18-11-12-35-15(18)2/h4-13,22H,3,14H2,1-2H3,(H,27,32)(H,28,31). The monoisotopic (exact) mass is 478 g/mol. The molecule has 10 heteroatoms. The van der Waals surface area contributed by atoms with Crippen LogP contribution >= 0.6 is 0 Å². The number of anilines is 3. The summed E-state index contributed by atoms with van der Waals surface area (Å²) in [5, 5.41) is 11.0. The minimum Gasteiger partial charge on any atom is -0.469 e. The molecule has 0 saturated heterocycles. The van der Waals surface area contributed by atoms with Crippen molar-refractivity contribution < 1.29 is 27.9 Å². The molecule has 2 aromatic carbocycles. The van der Waals surface area contributed by atoms with E-state index in [4.69, 9.17) is 9.15 Å². The molecule has 35 heavy (non-hydrogen) atoms. The molecule has 1 aliphatic heterocycles. The molecule has 0 fully saturated rings. The smallest absolute Gasteiger partial charge is 0.354 e. The van der Waals surface area contributed by atoms with Crippen molar-refractivity contribution >= 4 is 40.6 Å². The van der Waals surface area contributed by atoms with Crippen LogP contribution in [0.15, 0.2) is 70.4 Å². The number of para-hydroxylation sites is 1. The van der Waals surface area contributed by atoms with Crippen LogP contribution in [0.25, 0.3) is 0 Å². The van der Waals surface area contributed by atoms with Gasteiger partial charge < -0.3 is 19.8 Å². The second kappa shape index (κ2) is 10.2. The van der Waals surface area contributed by atoms with E-state index in [9.17, 15) is 18.8 Å². The number of nitrogens with zero attached hydrogens (tertiary/aromatic N) is 2. The van der Waals surface area contributed by atoms with Gasteiger partial charge in [0.05, 0.1) is 29.8 Å². The third-order valence-corrected chi connectivity index (χ3v) is 5.33. The van der Waals surface area contributed by atoms with Crippen LogP contribution in [0.1, 0.15) is 29.5 Å². The zero-order chi connectivity index (χ0) is 24.9. The average Bonchev–Trinajstić information content (AvgIpc) is 3.49. The van der Waals surface area contributed by atoms with Crippen LogP contribution in [0.5, 0.6) is 0 Å². The summed E-state index contributed by atoms with van der Waals surface area (Å²) in [7, 11) is 0. The van der Waals surface area contributed by atoms with Crippen molar-refractivity contribution in [2.75, 3.05) is 22.2 Å². The first-order valence-corrected chi connectivity index (χ1v) is 10.9. The number of carbonyl (C=O) groups is 3. The van der Waals surface area contributed by atoms with Crippen LogP contribution < -0.4 is 15.6 Å². The van der Waals surface area contributed by atoms with Gasteiger partial charge in [0.2, 0.25) is 5.91 Å². The highest BCUT2D eigenvalue weighted by molar-refractivity contribution is 6.38. The molecule has 1 atom stereocenters. The molecule has 9 nitrogen and oxygen atoms in total. The molecule has 0 spiro atoms. The Balaban J connectivity index is 1.53. The van der Waals surface area contributed by atoms with Gasteiger partial charge in [-0.3, -0.25) is 14.6 Å². The molecule has 180 valence electrons. The molecule has 3 aromatic rings. The number of hydrogen-bond donors (Lipinski definition) is 2. The van der Waals surface area contributed by atoms with Crippen LogP contribution in [0.4, 0.5) is 21.5 Å². The normalized spacial score (nSPS) is 14.9. The minimum atomic E-state index is -0.839. The maximum atomic E-state index is 14.4. The lowest BCUT2D eigenvalue weighted by Gasteiger charge is -2.23. The van der Waals surface area contributed by atoms with E-state index in [0.29, 0.717) is 11.4 Å². The Morgan fingerprint density at radius 2 is 1.91 bits per heavy atom. The van der Waals surface area contributed by atoms with E-state index in [-0.39, 0.29) is 35.7 Å². The van der Waals surface area contributed by atoms with Gasteiger partial charge in [-0.1, -0.05) is 18.2 Å². The molecular formula is C25H23FN4O5. The molecule has 0 saturated carbocycles. The fourth-order valence-corrected chi connectivity index (χ4v) is 3.61. The van der Waals surface area contributed by atoms with E-state index >= 15 is 0 Å². The van der Waals surface area contributed by atoms with Gasteiger partial charge in [0.15, 0.2) is 0 Å². The van der Waals surface area contributed by atoms with Crippen LogP contribution in [-0.2, 0) is 14.3 Å². The van der Waals surface area contributed by atoms with E-state index in [2.05, 4.69) is 15.7 Å². The average molecular weight is 478 g/mol. The van der Waals surface area contributed by atoms with Crippen molar-refractivity contribution in [2.24, 2.45) is 5.10 Å². The van der Waals surface area contributed by atoms with Gasteiger partial charge in [0.1, 0.15) is 23.3 Å². The minimum absolute atomic E-state index is 0.0319. The first-order valence-electron chi connectivity index (χ1n) is 10.9. The maximum absolute atomic E-state index is 14.4.